The van der Waals surface area contributed by atoms with Crippen LogP contribution in [0.1, 0.15) is 40.2 Å². The Morgan fingerprint density at radius 1 is 0.692 bits per heavy atom. The maximum Gasteiger partial charge on any atom is 0.196 e. The van der Waals surface area contributed by atoms with E-state index in [1.807, 2.05) is 48.9 Å². The highest BCUT2D eigenvalue weighted by Gasteiger charge is 2.28. The quantitative estimate of drug-likeness (QED) is 0.164. The van der Waals surface area contributed by atoms with E-state index < -0.39 is 0 Å². The number of hydrogen-bond acceptors (Lipinski definition) is 6. The highest BCUT2D eigenvalue weighted by molar-refractivity contribution is 6.15. The third kappa shape index (κ3) is 5.22. The zero-order valence-corrected chi connectivity index (χ0v) is 28.2. The fourth-order valence-electron chi connectivity index (χ4n) is 7.49. The van der Waals surface area contributed by atoms with Gasteiger partial charge in [0.2, 0.25) is 0 Å². The molecular weight excluding hydrogens is 641 g/mol. The van der Waals surface area contributed by atoms with Crippen molar-refractivity contribution < 1.29 is 4.74 Å². The lowest BCUT2D eigenvalue weighted by Gasteiger charge is -2.25. The second kappa shape index (κ2) is 12.5. The first-order valence-electron chi connectivity index (χ1n) is 17.6. The van der Waals surface area contributed by atoms with E-state index in [2.05, 4.69) is 141 Å². The minimum Gasteiger partial charge on any atom is -0.464 e. The Morgan fingerprint density at radius 2 is 1.52 bits per heavy atom. The first kappa shape index (κ1) is 30.0. The average molecular weight is 675 g/mol. The molecule has 0 bridgehead atoms. The van der Waals surface area contributed by atoms with Gasteiger partial charge in [-0.1, -0.05) is 91.0 Å². The fraction of sp³-hybridized carbons (Fsp3) is 0.0667. The van der Waals surface area contributed by atoms with E-state index in [9.17, 15) is 0 Å². The number of hydrogen-bond donors (Lipinski definition) is 3. The number of rotatable bonds is 6. The van der Waals surface area contributed by atoms with Crippen molar-refractivity contribution in [2.45, 2.75) is 12.4 Å². The molecule has 3 aliphatic rings. The van der Waals surface area contributed by atoms with E-state index in [-0.39, 0.29) is 12.4 Å². The number of ether oxygens (including phenoxy) is 1. The molecule has 52 heavy (non-hydrogen) atoms. The topological polar surface area (TPSA) is 75.5 Å². The van der Waals surface area contributed by atoms with Crippen LogP contribution in [0, 0.1) is 0 Å². The van der Waals surface area contributed by atoms with E-state index in [1.165, 1.54) is 11.1 Å². The average Bonchev–Trinajstić information content (AvgIpc) is 3.82. The molecule has 0 saturated carbocycles. The van der Waals surface area contributed by atoms with Crippen molar-refractivity contribution in [3.63, 3.8) is 0 Å². The Kier molecular flexibility index (Phi) is 7.20. The molecule has 5 aromatic carbocycles. The molecule has 0 spiro atoms. The highest BCUT2D eigenvalue weighted by Crippen LogP contribution is 2.47. The number of nitrogens with zero attached hydrogens (tertiary/aromatic N) is 3. The fourth-order valence-corrected chi connectivity index (χ4v) is 7.49. The minimum absolute atomic E-state index is 0.242. The monoisotopic (exact) mass is 674 g/mol. The molecule has 3 N–H and O–H groups in total. The van der Waals surface area contributed by atoms with Gasteiger partial charge in [-0.25, -0.2) is 0 Å². The number of fused-ring (bicyclic) bond motifs is 5. The van der Waals surface area contributed by atoms with E-state index in [1.54, 1.807) is 0 Å². The zero-order chi connectivity index (χ0) is 34.4. The Balaban J connectivity index is 1.07. The number of pyridine rings is 1. The van der Waals surface area contributed by atoms with E-state index >= 15 is 0 Å². The van der Waals surface area contributed by atoms with E-state index in [4.69, 9.17) is 9.73 Å². The van der Waals surface area contributed by atoms with Crippen LogP contribution in [-0.4, -0.2) is 21.8 Å². The lowest BCUT2D eigenvalue weighted by Crippen LogP contribution is -2.25. The number of aromatic nitrogens is 2. The molecule has 0 radical (unpaired) electrons. The van der Waals surface area contributed by atoms with Gasteiger partial charge in [0.15, 0.2) is 12.0 Å². The number of allylic oxidation sites excluding steroid dienone is 3. The maximum atomic E-state index is 6.66. The second-order valence-corrected chi connectivity index (χ2v) is 13.2. The van der Waals surface area contributed by atoms with Crippen LogP contribution in [0.4, 0.5) is 5.69 Å². The van der Waals surface area contributed by atoms with Crippen molar-refractivity contribution in [1.82, 2.24) is 20.2 Å². The molecule has 0 saturated heterocycles. The molecule has 0 fully saturated rings. The van der Waals surface area contributed by atoms with Crippen molar-refractivity contribution in [2.24, 2.45) is 4.99 Å². The normalized spacial score (nSPS) is 17.7. The number of aliphatic imine (C=N–C) groups is 1. The largest absolute Gasteiger partial charge is 0.464 e. The highest BCUT2D eigenvalue weighted by atomic mass is 16.5. The van der Waals surface area contributed by atoms with Crippen LogP contribution >= 0.6 is 0 Å². The molecule has 2 aromatic heterocycles. The first-order chi connectivity index (χ1) is 25.8. The third-order valence-corrected chi connectivity index (χ3v) is 10.0. The van der Waals surface area contributed by atoms with Gasteiger partial charge in [0.1, 0.15) is 6.17 Å². The summed E-state index contributed by atoms with van der Waals surface area (Å²) < 4.78 is 9.00. The molecule has 250 valence electrons. The summed E-state index contributed by atoms with van der Waals surface area (Å²) >= 11 is 0. The van der Waals surface area contributed by atoms with Gasteiger partial charge in [0, 0.05) is 46.8 Å². The van der Waals surface area contributed by atoms with Crippen molar-refractivity contribution in [2.75, 3.05) is 11.9 Å². The summed E-state index contributed by atoms with van der Waals surface area (Å²) in [4.78, 5) is 9.52. The number of nitrogens with one attached hydrogen (secondary N) is 3. The summed E-state index contributed by atoms with van der Waals surface area (Å²) in [6.07, 6.45) is 11.6. The molecule has 7 nitrogen and oxygen atoms in total. The van der Waals surface area contributed by atoms with Gasteiger partial charge in [-0.2, -0.15) is 0 Å². The molecule has 2 atom stereocenters. The smallest absolute Gasteiger partial charge is 0.196 e. The molecule has 5 heterocycles. The summed E-state index contributed by atoms with van der Waals surface area (Å²) in [5, 5.41) is 12.8. The zero-order valence-electron chi connectivity index (χ0n) is 28.2. The van der Waals surface area contributed by atoms with Gasteiger partial charge in [0.05, 0.1) is 27.8 Å². The van der Waals surface area contributed by atoms with Crippen LogP contribution in [0.15, 0.2) is 169 Å². The molecule has 7 aromatic rings. The molecule has 3 aliphatic heterocycles. The number of anilines is 1. The Bertz CT molecular complexity index is 2600. The molecule has 0 amide bonds. The van der Waals surface area contributed by atoms with Gasteiger partial charge >= 0.3 is 0 Å². The summed E-state index contributed by atoms with van der Waals surface area (Å²) in [6.45, 7) is 0.837. The van der Waals surface area contributed by atoms with Crippen molar-refractivity contribution in [1.29, 1.82) is 0 Å². The van der Waals surface area contributed by atoms with Crippen LogP contribution in [0.2, 0.25) is 0 Å². The van der Waals surface area contributed by atoms with Gasteiger partial charge < -0.3 is 25.3 Å². The summed E-state index contributed by atoms with van der Waals surface area (Å²) in [5.74, 6) is 0.881. The Labute approximate surface area is 301 Å². The molecule has 7 heteroatoms. The van der Waals surface area contributed by atoms with Crippen LogP contribution < -0.4 is 20.7 Å². The number of para-hydroxylation sites is 1. The van der Waals surface area contributed by atoms with Crippen LogP contribution in [0.25, 0.3) is 38.8 Å². The third-order valence-electron chi connectivity index (χ3n) is 10.0. The van der Waals surface area contributed by atoms with E-state index in [0.717, 1.165) is 79.1 Å². The summed E-state index contributed by atoms with van der Waals surface area (Å²) in [5.41, 5.74) is 12.9. The number of benzene rings is 5. The maximum absolute atomic E-state index is 6.66. The van der Waals surface area contributed by atoms with Gasteiger partial charge in [-0.15, -0.1) is 0 Å². The predicted octanol–water partition coefficient (Wildman–Crippen LogP) is 9.31. The van der Waals surface area contributed by atoms with Crippen molar-refractivity contribution in [3.8, 4) is 11.4 Å². The van der Waals surface area contributed by atoms with Crippen LogP contribution in [-0.2, 0) is 0 Å². The Morgan fingerprint density at radius 3 is 2.37 bits per heavy atom. The standard InChI is InChI=1S/C45H34N6O/c1-2-7-33(8-3-1)45-50-37-17-18-41-42(43(37)52-45)36-11-4-5-12-40(36)51(41)35-10-6-9-34(27-35)39-28-38(48-44(49-39)32-21-25-47-26-22-32)31-15-13-29(14-16-31)30-19-23-46-24-20-30/h1-23,25-28,44-46,48,50H,24H2. The molecule has 2 unspecified atom stereocenters. The molecule has 0 aliphatic carbocycles. The summed E-state index contributed by atoms with van der Waals surface area (Å²) in [7, 11) is 0. The van der Waals surface area contributed by atoms with Crippen molar-refractivity contribution in [3.05, 3.63) is 192 Å². The van der Waals surface area contributed by atoms with Gasteiger partial charge in [-0.3, -0.25) is 9.98 Å². The van der Waals surface area contributed by atoms with Gasteiger partial charge in [0.25, 0.3) is 0 Å². The second-order valence-electron chi connectivity index (χ2n) is 13.2. The lowest BCUT2D eigenvalue weighted by molar-refractivity contribution is 0.263. The first-order valence-corrected chi connectivity index (χ1v) is 17.6. The molecule has 10 rings (SSSR count). The Hall–Kier alpha value is -6.86. The summed E-state index contributed by atoms with van der Waals surface area (Å²) in [6, 6.07) is 44.7. The number of dihydropyridines is 1. The predicted molar refractivity (Wildman–Crippen MR) is 210 cm³/mol. The van der Waals surface area contributed by atoms with Crippen molar-refractivity contribution >= 4 is 44.5 Å². The van der Waals surface area contributed by atoms with Crippen LogP contribution in [0.5, 0.6) is 5.75 Å². The minimum atomic E-state index is -0.269. The van der Waals surface area contributed by atoms with Gasteiger partial charge in [-0.05, 0) is 83.1 Å². The molecular formula is C45H34N6O. The van der Waals surface area contributed by atoms with E-state index in [0.29, 0.717) is 0 Å². The SMILES string of the molecule is C1=CC(c2ccc(C3=CC(c4cccc(-n5c6ccccc6c6c7c(ccc65)NC(c5ccccc5)O7)c4)=NC(c4ccncc4)N3)cc2)=CCN1. The lowest BCUT2D eigenvalue weighted by atomic mass is 9.99. The van der Waals surface area contributed by atoms with Crippen LogP contribution in [0.3, 0.4) is 0 Å².